The molecule has 0 aliphatic heterocycles. The molecule has 1 fully saturated rings. The summed E-state index contributed by atoms with van der Waals surface area (Å²) in [4.78, 5) is 11.3. The Bertz CT molecular complexity index is 438. The van der Waals surface area contributed by atoms with Crippen LogP contribution in [-0.2, 0) is 11.2 Å². The van der Waals surface area contributed by atoms with Crippen LogP contribution in [0.1, 0.15) is 24.8 Å². The number of aliphatic carboxylic acids is 1. The molecule has 0 radical (unpaired) electrons. The van der Waals surface area contributed by atoms with Crippen molar-refractivity contribution in [1.82, 2.24) is 0 Å². The smallest absolute Gasteiger partial charge is 0.309 e. The van der Waals surface area contributed by atoms with Crippen molar-refractivity contribution in [1.29, 1.82) is 0 Å². The van der Waals surface area contributed by atoms with Crippen molar-refractivity contribution in [2.24, 2.45) is 5.41 Å². The van der Waals surface area contributed by atoms with E-state index < -0.39 is 11.4 Å². The first-order valence-corrected chi connectivity index (χ1v) is 6.01. The Labute approximate surface area is 105 Å². The average molecular weight is 255 g/mol. The molecule has 1 aliphatic rings. The lowest BCUT2D eigenvalue weighted by atomic mass is 9.65. The average Bonchev–Trinajstić information content (AvgIpc) is 2.23. The Morgan fingerprint density at radius 2 is 2.24 bits per heavy atom. The van der Waals surface area contributed by atoms with Gasteiger partial charge in [0.2, 0.25) is 0 Å². The summed E-state index contributed by atoms with van der Waals surface area (Å²) >= 11 is 6.03. The summed E-state index contributed by atoms with van der Waals surface area (Å²) in [6.45, 7) is 0. The predicted octanol–water partition coefficient (Wildman–Crippen LogP) is 3.15. The summed E-state index contributed by atoms with van der Waals surface area (Å²) < 4.78 is 5.07. The molecule has 1 N–H and O–H groups in total. The van der Waals surface area contributed by atoms with E-state index in [-0.39, 0.29) is 0 Å². The molecule has 0 amide bonds. The largest absolute Gasteiger partial charge is 0.495 e. The highest BCUT2D eigenvalue weighted by Gasteiger charge is 2.44. The minimum absolute atomic E-state index is 0.532. The number of carboxylic acid groups (broad SMARTS) is 1. The van der Waals surface area contributed by atoms with E-state index in [1.807, 2.05) is 6.07 Å². The fourth-order valence-electron chi connectivity index (χ4n) is 2.28. The maximum absolute atomic E-state index is 11.3. The maximum Gasteiger partial charge on any atom is 0.309 e. The minimum Gasteiger partial charge on any atom is -0.495 e. The molecule has 0 bridgehead atoms. The second-order valence-corrected chi connectivity index (χ2v) is 4.99. The van der Waals surface area contributed by atoms with E-state index in [1.54, 1.807) is 19.2 Å². The highest BCUT2D eigenvalue weighted by Crippen LogP contribution is 2.44. The molecule has 4 heteroatoms. The molecule has 0 atom stereocenters. The van der Waals surface area contributed by atoms with Crippen LogP contribution < -0.4 is 4.74 Å². The molecular formula is C13H15ClO3. The van der Waals surface area contributed by atoms with Gasteiger partial charge in [-0.2, -0.15) is 0 Å². The Morgan fingerprint density at radius 3 is 2.65 bits per heavy atom. The zero-order valence-electron chi connectivity index (χ0n) is 9.70. The first-order chi connectivity index (χ1) is 8.07. The number of methoxy groups -OCH3 is 1. The van der Waals surface area contributed by atoms with Crippen LogP contribution in [0.2, 0.25) is 5.02 Å². The van der Waals surface area contributed by atoms with Crippen LogP contribution >= 0.6 is 11.6 Å². The molecule has 0 spiro atoms. The number of rotatable bonds is 4. The van der Waals surface area contributed by atoms with Crippen LogP contribution in [0.3, 0.4) is 0 Å². The minimum atomic E-state index is -0.698. The van der Waals surface area contributed by atoms with E-state index in [0.717, 1.165) is 24.8 Å². The molecule has 1 aromatic rings. The van der Waals surface area contributed by atoms with Gasteiger partial charge in [0.05, 0.1) is 17.5 Å². The number of ether oxygens (including phenoxy) is 1. The summed E-state index contributed by atoms with van der Waals surface area (Å²) in [6.07, 6.45) is 3.06. The monoisotopic (exact) mass is 254 g/mol. The van der Waals surface area contributed by atoms with E-state index in [0.29, 0.717) is 17.2 Å². The van der Waals surface area contributed by atoms with Gasteiger partial charge in [0, 0.05) is 0 Å². The normalized spacial score (nSPS) is 17.3. The van der Waals surface area contributed by atoms with Crippen molar-refractivity contribution >= 4 is 17.6 Å². The summed E-state index contributed by atoms with van der Waals surface area (Å²) in [6, 6.07) is 5.46. The summed E-state index contributed by atoms with van der Waals surface area (Å²) in [5, 5.41) is 9.79. The van der Waals surface area contributed by atoms with Crippen LogP contribution in [0.25, 0.3) is 0 Å². The van der Waals surface area contributed by atoms with Gasteiger partial charge in [-0.15, -0.1) is 0 Å². The highest BCUT2D eigenvalue weighted by molar-refractivity contribution is 6.32. The molecule has 3 nitrogen and oxygen atoms in total. The molecule has 1 saturated carbocycles. The number of hydrogen-bond acceptors (Lipinski definition) is 2. The fraction of sp³-hybridized carbons (Fsp3) is 0.462. The Balaban J connectivity index is 2.18. The molecule has 17 heavy (non-hydrogen) atoms. The van der Waals surface area contributed by atoms with Crippen LogP contribution in [0, 0.1) is 5.41 Å². The van der Waals surface area contributed by atoms with Gasteiger partial charge in [-0.1, -0.05) is 24.1 Å². The number of halogens is 1. The third-order valence-electron chi connectivity index (χ3n) is 3.52. The number of hydrogen-bond donors (Lipinski definition) is 1. The zero-order chi connectivity index (χ0) is 12.5. The lowest BCUT2D eigenvalue weighted by Gasteiger charge is -2.37. The van der Waals surface area contributed by atoms with E-state index in [2.05, 4.69) is 0 Å². The van der Waals surface area contributed by atoms with Crippen molar-refractivity contribution in [3.63, 3.8) is 0 Å². The Hall–Kier alpha value is -1.22. The number of carboxylic acids is 1. The van der Waals surface area contributed by atoms with Gasteiger partial charge < -0.3 is 9.84 Å². The molecule has 2 rings (SSSR count). The van der Waals surface area contributed by atoms with Crippen molar-refractivity contribution in [2.75, 3.05) is 7.11 Å². The SMILES string of the molecule is COc1ccc(CC2(C(=O)O)CCC2)cc1Cl. The topological polar surface area (TPSA) is 46.5 Å². The maximum atomic E-state index is 11.3. The van der Waals surface area contributed by atoms with Gasteiger partial charge in [-0.05, 0) is 37.0 Å². The molecule has 1 aromatic carbocycles. The second kappa shape index (κ2) is 4.57. The molecule has 0 aromatic heterocycles. The van der Waals surface area contributed by atoms with Crippen LogP contribution in [0.5, 0.6) is 5.75 Å². The fourth-order valence-corrected chi connectivity index (χ4v) is 2.56. The molecule has 0 unspecified atom stereocenters. The first-order valence-electron chi connectivity index (χ1n) is 5.63. The summed E-state index contributed by atoms with van der Waals surface area (Å²) in [5.41, 5.74) is 0.385. The first kappa shape index (κ1) is 12.2. The zero-order valence-corrected chi connectivity index (χ0v) is 10.5. The molecule has 92 valence electrons. The van der Waals surface area contributed by atoms with Gasteiger partial charge in [-0.25, -0.2) is 0 Å². The summed E-state index contributed by atoms with van der Waals surface area (Å²) in [5.74, 6) is -0.0795. The molecule has 1 aliphatic carbocycles. The molecule has 0 heterocycles. The Kier molecular flexibility index (Phi) is 3.29. The van der Waals surface area contributed by atoms with Crippen molar-refractivity contribution in [3.05, 3.63) is 28.8 Å². The van der Waals surface area contributed by atoms with Gasteiger partial charge in [0.15, 0.2) is 0 Å². The van der Waals surface area contributed by atoms with Crippen LogP contribution in [0.15, 0.2) is 18.2 Å². The quantitative estimate of drug-likeness (QED) is 0.898. The van der Waals surface area contributed by atoms with Crippen molar-refractivity contribution in [2.45, 2.75) is 25.7 Å². The standard InChI is InChI=1S/C13H15ClO3/c1-17-11-4-3-9(7-10(11)14)8-13(12(15)16)5-2-6-13/h3-4,7H,2,5-6,8H2,1H3,(H,15,16). The highest BCUT2D eigenvalue weighted by atomic mass is 35.5. The second-order valence-electron chi connectivity index (χ2n) is 4.58. The summed E-state index contributed by atoms with van der Waals surface area (Å²) in [7, 11) is 1.56. The lowest BCUT2D eigenvalue weighted by Crippen LogP contribution is -2.39. The van der Waals surface area contributed by atoms with Gasteiger partial charge in [0.25, 0.3) is 0 Å². The van der Waals surface area contributed by atoms with E-state index in [4.69, 9.17) is 16.3 Å². The third-order valence-corrected chi connectivity index (χ3v) is 3.82. The Morgan fingerprint density at radius 1 is 1.53 bits per heavy atom. The predicted molar refractivity (Wildman–Crippen MR) is 65.6 cm³/mol. The van der Waals surface area contributed by atoms with Crippen LogP contribution in [-0.4, -0.2) is 18.2 Å². The number of benzene rings is 1. The molecule has 0 saturated heterocycles. The number of carbonyl (C=O) groups is 1. The third kappa shape index (κ3) is 2.25. The van der Waals surface area contributed by atoms with E-state index in [1.165, 1.54) is 0 Å². The van der Waals surface area contributed by atoms with Gasteiger partial charge in [0.1, 0.15) is 5.75 Å². The molecular weight excluding hydrogens is 240 g/mol. The van der Waals surface area contributed by atoms with E-state index >= 15 is 0 Å². The van der Waals surface area contributed by atoms with Crippen LogP contribution in [0.4, 0.5) is 0 Å². The lowest BCUT2D eigenvalue weighted by molar-refractivity contribution is -0.154. The van der Waals surface area contributed by atoms with Gasteiger partial charge >= 0.3 is 5.97 Å². The van der Waals surface area contributed by atoms with E-state index in [9.17, 15) is 9.90 Å². The van der Waals surface area contributed by atoms with Gasteiger partial charge in [-0.3, -0.25) is 4.79 Å². The van der Waals surface area contributed by atoms with Crippen molar-refractivity contribution < 1.29 is 14.6 Å². The van der Waals surface area contributed by atoms with Crippen molar-refractivity contribution in [3.8, 4) is 5.75 Å².